The van der Waals surface area contributed by atoms with Crippen molar-refractivity contribution in [1.29, 1.82) is 0 Å². The zero-order valence-corrected chi connectivity index (χ0v) is 10.1. The second-order valence-electron chi connectivity index (χ2n) is 3.88. The van der Waals surface area contributed by atoms with Crippen LogP contribution in [0.5, 0.6) is 0 Å². The molecule has 0 unspecified atom stereocenters. The van der Waals surface area contributed by atoms with E-state index in [9.17, 15) is 4.79 Å². The zero-order valence-electron chi connectivity index (χ0n) is 10.1. The van der Waals surface area contributed by atoms with Crippen LogP contribution in [0.25, 0.3) is 0 Å². The number of hydroxylamine groups is 1. The number of ketones is 1. The normalized spacial score (nSPS) is 12.3. The molecule has 2 rings (SSSR count). The fourth-order valence-corrected chi connectivity index (χ4v) is 1.76. The Morgan fingerprint density at radius 1 is 1.28 bits per heavy atom. The molecule has 1 N–H and O–H groups in total. The number of rotatable bonds is 6. The van der Waals surface area contributed by atoms with Crippen molar-refractivity contribution in [3.63, 3.8) is 0 Å². The monoisotopic (exact) mass is 245 g/mol. The summed E-state index contributed by atoms with van der Waals surface area (Å²) in [5, 5.41) is 0. The quantitative estimate of drug-likeness (QED) is 0.628. The molecule has 0 fully saturated rings. The van der Waals surface area contributed by atoms with Crippen molar-refractivity contribution in [2.75, 3.05) is 7.11 Å². The topological polar surface area (TPSA) is 51.5 Å². The van der Waals surface area contributed by atoms with E-state index in [2.05, 4.69) is 5.48 Å². The smallest absolute Gasteiger partial charge is 0.164 e. The minimum atomic E-state index is -0.280. The van der Waals surface area contributed by atoms with E-state index in [4.69, 9.17) is 9.25 Å². The van der Waals surface area contributed by atoms with Crippen molar-refractivity contribution in [1.82, 2.24) is 5.48 Å². The highest BCUT2D eigenvalue weighted by molar-refractivity contribution is 5.96. The summed E-state index contributed by atoms with van der Waals surface area (Å²) in [7, 11) is 1.52. The summed E-state index contributed by atoms with van der Waals surface area (Å²) in [5.41, 5.74) is 3.46. The summed E-state index contributed by atoms with van der Waals surface area (Å²) in [5.74, 6) is 0.725. The van der Waals surface area contributed by atoms with E-state index in [1.807, 2.05) is 24.3 Å². The molecule has 94 valence electrons. The Balaban J connectivity index is 2.08. The molecule has 2 aromatic rings. The van der Waals surface area contributed by atoms with Crippen molar-refractivity contribution in [2.45, 2.75) is 12.5 Å². The number of hydrogen-bond donors (Lipinski definition) is 1. The van der Waals surface area contributed by atoms with E-state index < -0.39 is 0 Å². The number of hydrogen-bond acceptors (Lipinski definition) is 4. The first-order chi connectivity index (χ1) is 8.81. The van der Waals surface area contributed by atoms with Crippen molar-refractivity contribution < 1.29 is 14.0 Å². The molecule has 18 heavy (non-hydrogen) atoms. The lowest BCUT2D eigenvalue weighted by atomic mass is 10.0. The Hall–Kier alpha value is -1.91. The van der Waals surface area contributed by atoms with Crippen LogP contribution in [0.4, 0.5) is 0 Å². The highest BCUT2D eigenvalue weighted by Gasteiger charge is 2.19. The van der Waals surface area contributed by atoms with Crippen molar-refractivity contribution in [3.05, 3.63) is 60.1 Å². The molecule has 0 amide bonds. The molecule has 0 radical (unpaired) electrons. The molecule has 0 aliphatic heterocycles. The molecule has 0 bridgehead atoms. The maximum absolute atomic E-state index is 12.1. The van der Waals surface area contributed by atoms with E-state index >= 15 is 0 Å². The van der Waals surface area contributed by atoms with Gasteiger partial charge in [0.05, 0.1) is 19.4 Å². The van der Waals surface area contributed by atoms with Gasteiger partial charge >= 0.3 is 0 Å². The van der Waals surface area contributed by atoms with Gasteiger partial charge in [-0.2, -0.15) is 5.48 Å². The number of furan rings is 1. The molecule has 0 saturated carbocycles. The number of nitrogens with one attached hydrogen (secondary N) is 1. The van der Waals surface area contributed by atoms with Crippen molar-refractivity contribution in [2.24, 2.45) is 0 Å². The number of carbonyl (C=O) groups is 1. The lowest BCUT2D eigenvalue weighted by molar-refractivity contribution is 0.0485. The average Bonchev–Trinajstić information content (AvgIpc) is 2.93. The first kappa shape index (κ1) is 12.5. The van der Waals surface area contributed by atoms with Crippen LogP contribution in [0.1, 0.15) is 28.6 Å². The minimum Gasteiger partial charge on any atom is -0.468 e. The molecule has 1 aromatic heterocycles. The van der Waals surface area contributed by atoms with Crippen LogP contribution in [-0.4, -0.2) is 12.9 Å². The van der Waals surface area contributed by atoms with E-state index in [1.54, 1.807) is 24.5 Å². The van der Waals surface area contributed by atoms with Crippen LogP contribution < -0.4 is 5.48 Å². The lowest BCUT2D eigenvalue weighted by Crippen LogP contribution is -2.22. The second kappa shape index (κ2) is 6.14. The largest absolute Gasteiger partial charge is 0.468 e. The van der Waals surface area contributed by atoms with Gasteiger partial charge in [-0.15, -0.1) is 0 Å². The summed E-state index contributed by atoms with van der Waals surface area (Å²) >= 11 is 0. The molecule has 0 spiro atoms. The molecule has 0 aliphatic carbocycles. The maximum atomic E-state index is 12.1. The van der Waals surface area contributed by atoms with Gasteiger partial charge < -0.3 is 9.25 Å². The summed E-state index contributed by atoms with van der Waals surface area (Å²) in [4.78, 5) is 17.0. The van der Waals surface area contributed by atoms with Gasteiger partial charge in [0.25, 0.3) is 0 Å². The molecular weight excluding hydrogens is 230 g/mol. The summed E-state index contributed by atoms with van der Waals surface area (Å²) in [6.07, 6.45) is 1.86. The zero-order chi connectivity index (χ0) is 12.8. The molecule has 1 atom stereocenters. The molecule has 4 heteroatoms. The number of carbonyl (C=O) groups excluding carboxylic acids is 1. The second-order valence-corrected chi connectivity index (χ2v) is 3.88. The standard InChI is InChI=1S/C14H15NO3/c1-17-15-12(14-8-5-9-18-14)10-13(16)11-6-3-2-4-7-11/h2-9,12,15H,10H2,1H3/t12-/m0/s1. The predicted molar refractivity (Wildman–Crippen MR) is 67.0 cm³/mol. The molecule has 1 heterocycles. The van der Waals surface area contributed by atoms with Gasteiger partial charge in [-0.25, -0.2) is 0 Å². The van der Waals surface area contributed by atoms with Crippen LogP contribution in [0.2, 0.25) is 0 Å². The summed E-state index contributed by atoms with van der Waals surface area (Å²) < 4.78 is 5.29. The van der Waals surface area contributed by atoms with Gasteiger partial charge in [0.1, 0.15) is 5.76 Å². The van der Waals surface area contributed by atoms with Gasteiger partial charge in [-0.05, 0) is 12.1 Å². The fraction of sp³-hybridized carbons (Fsp3) is 0.214. The molecule has 4 nitrogen and oxygen atoms in total. The third kappa shape index (κ3) is 3.06. The van der Waals surface area contributed by atoms with Crippen LogP contribution in [0.15, 0.2) is 53.1 Å². The predicted octanol–water partition coefficient (Wildman–Crippen LogP) is 2.74. The fourth-order valence-electron chi connectivity index (χ4n) is 1.76. The Kier molecular flexibility index (Phi) is 4.28. The lowest BCUT2D eigenvalue weighted by Gasteiger charge is -2.13. The Bertz CT molecular complexity index is 479. The van der Waals surface area contributed by atoms with Crippen LogP contribution >= 0.6 is 0 Å². The molecular formula is C14H15NO3. The van der Waals surface area contributed by atoms with Crippen LogP contribution in [-0.2, 0) is 4.84 Å². The van der Waals surface area contributed by atoms with E-state index in [0.29, 0.717) is 11.3 Å². The van der Waals surface area contributed by atoms with Crippen molar-refractivity contribution in [3.8, 4) is 0 Å². The maximum Gasteiger partial charge on any atom is 0.164 e. The number of Topliss-reactive ketones (excluding diaryl/α,β-unsaturated/α-hetero) is 1. The van der Waals surface area contributed by atoms with Crippen LogP contribution in [0.3, 0.4) is 0 Å². The first-order valence-corrected chi connectivity index (χ1v) is 5.71. The Labute approximate surface area is 106 Å². The van der Waals surface area contributed by atoms with Crippen LogP contribution in [0, 0.1) is 0 Å². The summed E-state index contributed by atoms with van der Waals surface area (Å²) in [6.45, 7) is 0. The van der Waals surface area contributed by atoms with E-state index in [-0.39, 0.29) is 18.2 Å². The highest BCUT2D eigenvalue weighted by Crippen LogP contribution is 2.19. The Morgan fingerprint density at radius 2 is 2.06 bits per heavy atom. The SMILES string of the molecule is CON[C@@H](CC(=O)c1ccccc1)c1ccco1. The molecule has 1 aromatic carbocycles. The molecule has 0 aliphatic rings. The Morgan fingerprint density at radius 3 is 2.67 bits per heavy atom. The third-order valence-electron chi connectivity index (χ3n) is 2.63. The third-order valence-corrected chi connectivity index (χ3v) is 2.63. The van der Waals surface area contributed by atoms with Gasteiger partial charge in [0.2, 0.25) is 0 Å². The van der Waals surface area contributed by atoms with Gasteiger partial charge in [-0.1, -0.05) is 30.3 Å². The molecule has 0 saturated heterocycles. The minimum absolute atomic E-state index is 0.0431. The van der Waals surface area contributed by atoms with E-state index in [0.717, 1.165) is 0 Å². The van der Waals surface area contributed by atoms with Crippen molar-refractivity contribution >= 4 is 5.78 Å². The van der Waals surface area contributed by atoms with Gasteiger partial charge in [0, 0.05) is 12.0 Å². The average molecular weight is 245 g/mol. The van der Waals surface area contributed by atoms with E-state index in [1.165, 1.54) is 7.11 Å². The first-order valence-electron chi connectivity index (χ1n) is 5.71. The van der Waals surface area contributed by atoms with Gasteiger partial charge in [0.15, 0.2) is 5.78 Å². The van der Waals surface area contributed by atoms with Gasteiger partial charge in [-0.3, -0.25) is 4.79 Å². The number of benzene rings is 1. The summed E-state index contributed by atoms with van der Waals surface area (Å²) in [6, 6.07) is 12.5. The highest BCUT2D eigenvalue weighted by atomic mass is 16.6.